The van der Waals surface area contributed by atoms with E-state index < -0.39 is 28.4 Å². The average molecular weight is 363 g/mol. The highest BCUT2D eigenvalue weighted by Gasteiger charge is 2.23. The molecule has 0 atom stereocenters. The smallest absolute Gasteiger partial charge is 0.321 e. The molecule has 0 unspecified atom stereocenters. The summed E-state index contributed by atoms with van der Waals surface area (Å²) in [6.07, 6.45) is 3.47. The number of halogens is 1. The van der Waals surface area contributed by atoms with Crippen molar-refractivity contribution in [2.45, 2.75) is 4.90 Å². The predicted octanol–water partition coefficient (Wildman–Crippen LogP) is 2.70. The van der Waals surface area contributed by atoms with Crippen molar-refractivity contribution in [1.29, 1.82) is 0 Å². The van der Waals surface area contributed by atoms with Crippen LogP contribution in [0, 0.1) is 5.82 Å². The Labute approximate surface area is 146 Å². The van der Waals surface area contributed by atoms with Crippen LogP contribution in [0.25, 0.3) is 6.08 Å². The first-order valence-electron chi connectivity index (χ1n) is 7.49. The molecular formula is C18H18FNO4S. The van der Waals surface area contributed by atoms with Crippen LogP contribution in [0.3, 0.4) is 0 Å². The van der Waals surface area contributed by atoms with Crippen LogP contribution >= 0.6 is 0 Å². The fourth-order valence-electron chi connectivity index (χ4n) is 1.99. The van der Waals surface area contributed by atoms with Crippen LogP contribution in [0.4, 0.5) is 4.39 Å². The topological polar surface area (TPSA) is 63.7 Å². The summed E-state index contributed by atoms with van der Waals surface area (Å²) in [5.41, 5.74) is 0.967. The summed E-state index contributed by atoms with van der Waals surface area (Å²) in [5, 5.41) is 0. The van der Waals surface area contributed by atoms with Gasteiger partial charge in [-0.2, -0.15) is 4.31 Å². The van der Waals surface area contributed by atoms with Crippen molar-refractivity contribution in [3.05, 3.63) is 72.1 Å². The number of nitrogens with zero attached hydrogens (tertiary/aromatic N) is 1. The molecule has 0 saturated carbocycles. The highest BCUT2D eigenvalue weighted by Crippen LogP contribution is 2.14. The summed E-state index contributed by atoms with van der Waals surface area (Å²) >= 11 is 0. The molecule has 0 N–H and O–H groups in total. The van der Waals surface area contributed by atoms with E-state index in [1.807, 2.05) is 30.3 Å². The molecule has 7 heteroatoms. The predicted molar refractivity (Wildman–Crippen MR) is 92.7 cm³/mol. The molecule has 2 aromatic carbocycles. The Bertz CT molecular complexity index is 833. The summed E-state index contributed by atoms with van der Waals surface area (Å²) in [6, 6.07) is 13.9. The third-order valence-electron chi connectivity index (χ3n) is 3.32. The van der Waals surface area contributed by atoms with Gasteiger partial charge in [0, 0.05) is 7.05 Å². The first kappa shape index (κ1) is 18.8. The highest BCUT2D eigenvalue weighted by atomic mass is 32.2. The number of hydrogen-bond acceptors (Lipinski definition) is 4. The van der Waals surface area contributed by atoms with Crippen LogP contribution in [0.15, 0.2) is 65.6 Å². The molecule has 2 rings (SSSR count). The van der Waals surface area contributed by atoms with Gasteiger partial charge in [-0.1, -0.05) is 36.4 Å². The van der Waals surface area contributed by atoms with Gasteiger partial charge in [0.2, 0.25) is 10.0 Å². The third-order valence-corrected chi connectivity index (χ3v) is 5.14. The van der Waals surface area contributed by atoms with Crippen molar-refractivity contribution >= 4 is 22.1 Å². The van der Waals surface area contributed by atoms with Crippen LogP contribution in [-0.2, 0) is 19.6 Å². The van der Waals surface area contributed by atoms with Crippen LogP contribution in [0.1, 0.15) is 5.56 Å². The van der Waals surface area contributed by atoms with Gasteiger partial charge in [-0.25, -0.2) is 12.8 Å². The summed E-state index contributed by atoms with van der Waals surface area (Å²) in [7, 11) is -2.61. The number of carbonyl (C=O) groups excluding carboxylic acids is 1. The Morgan fingerprint density at radius 2 is 1.76 bits per heavy atom. The normalized spacial score (nSPS) is 11.8. The fraction of sp³-hybridized carbons (Fsp3) is 0.167. The molecule has 0 aliphatic heterocycles. The van der Waals surface area contributed by atoms with Crippen molar-refractivity contribution in [3.8, 4) is 0 Å². The molecule has 0 aliphatic carbocycles. The van der Waals surface area contributed by atoms with Crippen LogP contribution in [0.2, 0.25) is 0 Å². The van der Waals surface area contributed by atoms with Gasteiger partial charge in [0.1, 0.15) is 19.0 Å². The van der Waals surface area contributed by atoms with Crippen molar-refractivity contribution in [3.63, 3.8) is 0 Å². The fourth-order valence-corrected chi connectivity index (χ4v) is 3.10. The molecule has 0 aliphatic rings. The molecule has 5 nitrogen and oxygen atoms in total. The molecule has 2 aromatic rings. The van der Waals surface area contributed by atoms with Gasteiger partial charge < -0.3 is 4.74 Å². The summed E-state index contributed by atoms with van der Waals surface area (Å²) in [4.78, 5) is 11.7. The minimum Gasteiger partial charge on any atom is -0.460 e. The van der Waals surface area contributed by atoms with Crippen LogP contribution in [-0.4, -0.2) is 38.9 Å². The molecule has 0 bridgehead atoms. The Balaban J connectivity index is 1.87. The van der Waals surface area contributed by atoms with Gasteiger partial charge in [-0.3, -0.25) is 4.79 Å². The molecule has 0 saturated heterocycles. The van der Waals surface area contributed by atoms with E-state index in [-0.39, 0.29) is 11.5 Å². The van der Waals surface area contributed by atoms with E-state index in [1.54, 1.807) is 12.2 Å². The highest BCUT2D eigenvalue weighted by molar-refractivity contribution is 7.89. The molecule has 0 radical (unpaired) electrons. The zero-order valence-electron chi connectivity index (χ0n) is 13.6. The van der Waals surface area contributed by atoms with Crippen LogP contribution < -0.4 is 0 Å². The van der Waals surface area contributed by atoms with Gasteiger partial charge >= 0.3 is 5.97 Å². The zero-order chi connectivity index (χ0) is 18.3. The minimum atomic E-state index is -3.88. The molecule has 0 heterocycles. The third kappa shape index (κ3) is 5.51. The largest absolute Gasteiger partial charge is 0.460 e. The first-order valence-corrected chi connectivity index (χ1v) is 8.93. The van der Waals surface area contributed by atoms with E-state index >= 15 is 0 Å². The van der Waals surface area contributed by atoms with E-state index in [0.717, 1.165) is 34.1 Å². The Morgan fingerprint density at radius 3 is 2.40 bits per heavy atom. The van der Waals surface area contributed by atoms with Crippen molar-refractivity contribution in [2.75, 3.05) is 20.2 Å². The van der Waals surface area contributed by atoms with Gasteiger partial charge in [0.15, 0.2) is 0 Å². The number of sulfonamides is 1. The maximum absolute atomic E-state index is 12.9. The zero-order valence-corrected chi connectivity index (χ0v) is 14.4. The van der Waals surface area contributed by atoms with Crippen LogP contribution in [0.5, 0.6) is 0 Å². The van der Waals surface area contributed by atoms with Gasteiger partial charge in [-0.05, 0) is 35.9 Å². The maximum atomic E-state index is 12.9. The molecule has 0 spiro atoms. The van der Waals surface area contributed by atoms with Gasteiger partial charge in [0.25, 0.3) is 0 Å². The van der Waals surface area contributed by atoms with E-state index in [4.69, 9.17) is 4.74 Å². The second kappa shape index (κ2) is 8.55. The summed E-state index contributed by atoms with van der Waals surface area (Å²) < 4.78 is 43.3. The van der Waals surface area contributed by atoms with E-state index in [2.05, 4.69) is 0 Å². The molecule has 0 fully saturated rings. The lowest BCUT2D eigenvalue weighted by Crippen LogP contribution is -2.33. The molecular weight excluding hydrogens is 345 g/mol. The van der Waals surface area contributed by atoms with Crippen molar-refractivity contribution in [2.24, 2.45) is 0 Å². The number of ether oxygens (including phenoxy) is 1. The Kier molecular flexibility index (Phi) is 6.44. The second-order valence-electron chi connectivity index (χ2n) is 5.21. The number of likely N-dealkylation sites (N-methyl/N-ethyl adjacent to an activating group) is 1. The summed E-state index contributed by atoms with van der Waals surface area (Å²) in [5.74, 6) is -1.21. The summed E-state index contributed by atoms with van der Waals surface area (Å²) in [6.45, 7) is -0.392. The number of hydrogen-bond donors (Lipinski definition) is 0. The lowest BCUT2D eigenvalue weighted by molar-refractivity contribution is -0.142. The van der Waals surface area contributed by atoms with Gasteiger partial charge in [-0.15, -0.1) is 0 Å². The average Bonchev–Trinajstić information content (AvgIpc) is 2.60. The molecule has 25 heavy (non-hydrogen) atoms. The molecule has 0 amide bonds. The van der Waals surface area contributed by atoms with E-state index in [0.29, 0.717) is 0 Å². The van der Waals surface area contributed by atoms with Crippen molar-refractivity contribution in [1.82, 2.24) is 4.31 Å². The minimum absolute atomic E-state index is 0.0398. The number of carbonyl (C=O) groups is 1. The first-order chi connectivity index (χ1) is 11.9. The monoisotopic (exact) mass is 363 g/mol. The Hall–Kier alpha value is -2.51. The standard InChI is InChI=1S/C18H18FNO4S/c1-20(25(22,23)17-11-9-16(19)10-12-17)14-18(21)24-13-5-8-15-6-3-2-4-7-15/h2-12H,13-14H2,1H3. The quantitative estimate of drug-likeness (QED) is 0.710. The second-order valence-corrected chi connectivity index (χ2v) is 7.26. The molecule has 132 valence electrons. The SMILES string of the molecule is CN(CC(=O)OCC=Cc1ccccc1)S(=O)(=O)c1ccc(F)cc1. The van der Waals surface area contributed by atoms with Gasteiger partial charge in [0.05, 0.1) is 4.90 Å². The van der Waals surface area contributed by atoms with Crippen molar-refractivity contribution < 1.29 is 22.3 Å². The molecule has 0 aromatic heterocycles. The number of benzene rings is 2. The lowest BCUT2D eigenvalue weighted by atomic mass is 10.2. The van der Waals surface area contributed by atoms with E-state index in [9.17, 15) is 17.6 Å². The number of esters is 1. The maximum Gasteiger partial charge on any atom is 0.321 e. The lowest BCUT2D eigenvalue weighted by Gasteiger charge is -2.16. The number of rotatable bonds is 7. The van der Waals surface area contributed by atoms with E-state index in [1.165, 1.54) is 7.05 Å². The Morgan fingerprint density at radius 1 is 1.12 bits per heavy atom.